The number of benzene rings is 3. The molecule has 0 radical (unpaired) electrons. The number of hydrogen-bond acceptors (Lipinski definition) is 1. The molecular weight excluding hydrogens is 292 g/mol. The van der Waals surface area contributed by atoms with Crippen molar-refractivity contribution in [1.29, 1.82) is 0 Å². The molecule has 0 aromatic heterocycles. The Labute approximate surface area is 144 Å². The predicted octanol–water partition coefficient (Wildman–Crippen LogP) is 6.33. The highest BCUT2D eigenvalue weighted by Crippen LogP contribution is 2.42. The van der Waals surface area contributed by atoms with Crippen molar-refractivity contribution in [2.45, 2.75) is 26.2 Å². The average Bonchev–Trinajstić information content (AvgIpc) is 2.61. The highest BCUT2D eigenvalue weighted by molar-refractivity contribution is 5.83. The van der Waals surface area contributed by atoms with Crippen LogP contribution in [-0.4, -0.2) is 7.11 Å². The molecule has 0 aliphatic heterocycles. The van der Waals surface area contributed by atoms with E-state index in [4.69, 9.17) is 4.74 Å². The minimum atomic E-state index is 0.0688. The van der Waals surface area contributed by atoms with E-state index in [2.05, 4.69) is 81.4 Å². The summed E-state index contributed by atoms with van der Waals surface area (Å²) in [5.74, 6) is 0.931. The van der Waals surface area contributed by atoms with Crippen LogP contribution in [0.2, 0.25) is 0 Å². The standard InChI is InChI=1S/C23H24O/c1-23(2,3)19-15-20(17-11-7-5-8-12-17)22(24-4)21(16-19)18-13-9-6-10-14-18/h5-16H,1-4H3. The number of hydrogen-bond donors (Lipinski definition) is 0. The summed E-state index contributed by atoms with van der Waals surface area (Å²) in [6, 6.07) is 25.4. The van der Waals surface area contributed by atoms with Crippen molar-refractivity contribution in [1.82, 2.24) is 0 Å². The Morgan fingerprint density at radius 2 is 1.08 bits per heavy atom. The van der Waals surface area contributed by atoms with Crippen LogP contribution in [-0.2, 0) is 5.41 Å². The van der Waals surface area contributed by atoms with Crippen molar-refractivity contribution >= 4 is 0 Å². The van der Waals surface area contributed by atoms with Crippen LogP contribution >= 0.6 is 0 Å². The van der Waals surface area contributed by atoms with Gasteiger partial charge in [-0.2, -0.15) is 0 Å². The van der Waals surface area contributed by atoms with Gasteiger partial charge in [0, 0.05) is 11.1 Å². The highest BCUT2D eigenvalue weighted by Gasteiger charge is 2.20. The summed E-state index contributed by atoms with van der Waals surface area (Å²) in [6.45, 7) is 6.75. The van der Waals surface area contributed by atoms with Crippen LogP contribution in [0.3, 0.4) is 0 Å². The van der Waals surface area contributed by atoms with Crippen molar-refractivity contribution in [3.05, 3.63) is 78.4 Å². The maximum atomic E-state index is 5.85. The molecular formula is C23H24O. The summed E-state index contributed by atoms with van der Waals surface area (Å²) in [4.78, 5) is 0. The van der Waals surface area contributed by atoms with E-state index in [9.17, 15) is 0 Å². The maximum Gasteiger partial charge on any atom is 0.134 e. The van der Waals surface area contributed by atoms with E-state index in [0.717, 1.165) is 16.9 Å². The van der Waals surface area contributed by atoms with Gasteiger partial charge in [0.2, 0.25) is 0 Å². The topological polar surface area (TPSA) is 9.23 Å². The molecule has 0 fully saturated rings. The molecule has 1 heteroatoms. The fraction of sp³-hybridized carbons (Fsp3) is 0.217. The molecule has 0 aliphatic rings. The molecule has 0 amide bonds. The van der Waals surface area contributed by atoms with Crippen LogP contribution in [0.5, 0.6) is 5.75 Å². The van der Waals surface area contributed by atoms with Crippen LogP contribution in [0, 0.1) is 0 Å². The summed E-state index contributed by atoms with van der Waals surface area (Å²) >= 11 is 0. The molecule has 0 aliphatic carbocycles. The molecule has 0 saturated heterocycles. The molecule has 0 atom stereocenters. The first-order chi connectivity index (χ1) is 11.5. The second-order valence-corrected chi connectivity index (χ2v) is 7.09. The van der Waals surface area contributed by atoms with Gasteiger partial charge in [0.15, 0.2) is 0 Å². The lowest BCUT2D eigenvalue weighted by Crippen LogP contribution is -2.12. The summed E-state index contributed by atoms with van der Waals surface area (Å²) < 4.78 is 5.85. The van der Waals surface area contributed by atoms with Gasteiger partial charge < -0.3 is 4.74 Å². The first-order valence-corrected chi connectivity index (χ1v) is 8.34. The lowest BCUT2D eigenvalue weighted by Gasteiger charge is -2.24. The summed E-state index contributed by atoms with van der Waals surface area (Å²) in [5.41, 5.74) is 6.02. The van der Waals surface area contributed by atoms with Gasteiger partial charge in [-0.3, -0.25) is 0 Å². The smallest absolute Gasteiger partial charge is 0.134 e. The van der Waals surface area contributed by atoms with E-state index in [-0.39, 0.29) is 5.41 Å². The Morgan fingerprint density at radius 3 is 1.42 bits per heavy atom. The van der Waals surface area contributed by atoms with Crippen LogP contribution in [0.4, 0.5) is 0 Å². The first-order valence-electron chi connectivity index (χ1n) is 8.34. The molecule has 3 rings (SSSR count). The van der Waals surface area contributed by atoms with Crippen LogP contribution in [0.25, 0.3) is 22.3 Å². The van der Waals surface area contributed by atoms with Crippen LogP contribution in [0.15, 0.2) is 72.8 Å². The molecule has 1 nitrogen and oxygen atoms in total. The average molecular weight is 316 g/mol. The van der Waals surface area contributed by atoms with Gasteiger partial charge in [-0.1, -0.05) is 81.4 Å². The summed E-state index contributed by atoms with van der Waals surface area (Å²) in [6.07, 6.45) is 0. The fourth-order valence-electron chi connectivity index (χ4n) is 2.95. The zero-order valence-electron chi connectivity index (χ0n) is 14.8. The fourth-order valence-corrected chi connectivity index (χ4v) is 2.95. The van der Waals surface area contributed by atoms with Crippen molar-refractivity contribution in [3.8, 4) is 28.0 Å². The quantitative estimate of drug-likeness (QED) is 0.549. The Balaban J connectivity index is 2.32. The molecule has 24 heavy (non-hydrogen) atoms. The van der Waals surface area contributed by atoms with Gasteiger partial charge in [-0.25, -0.2) is 0 Å². The van der Waals surface area contributed by atoms with Gasteiger partial charge in [-0.05, 0) is 34.2 Å². The molecule has 0 unspecified atom stereocenters. The molecule has 0 bridgehead atoms. The van der Waals surface area contributed by atoms with Crippen molar-refractivity contribution in [2.75, 3.05) is 7.11 Å². The predicted molar refractivity (Wildman–Crippen MR) is 103 cm³/mol. The largest absolute Gasteiger partial charge is 0.495 e. The van der Waals surface area contributed by atoms with E-state index in [0.29, 0.717) is 0 Å². The minimum Gasteiger partial charge on any atom is -0.495 e. The zero-order chi connectivity index (χ0) is 17.2. The van der Waals surface area contributed by atoms with E-state index in [1.54, 1.807) is 7.11 Å². The number of ether oxygens (including phenoxy) is 1. The number of rotatable bonds is 3. The summed E-state index contributed by atoms with van der Waals surface area (Å²) in [7, 11) is 1.75. The van der Waals surface area contributed by atoms with Crippen molar-refractivity contribution in [2.24, 2.45) is 0 Å². The summed E-state index contributed by atoms with van der Waals surface area (Å²) in [5, 5.41) is 0. The van der Waals surface area contributed by atoms with E-state index < -0.39 is 0 Å². The zero-order valence-corrected chi connectivity index (χ0v) is 14.8. The lowest BCUT2D eigenvalue weighted by atomic mass is 9.82. The van der Waals surface area contributed by atoms with Gasteiger partial charge in [0.1, 0.15) is 5.75 Å². The van der Waals surface area contributed by atoms with Crippen LogP contribution in [0.1, 0.15) is 26.3 Å². The maximum absolute atomic E-state index is 5.85. The highest BCUT2D eigenvalue weighted by atomic mass is 16.5. The Hall–Kier alpha value is -2.54. The van der Waals surface area contributed by atoms with Gasteiger partial charge >= 0.3 is 0 Å². The van der Waals surface area contributed by atoms with Crippen LogP contribution < -0.4 is 4.74 Å². The van der Waals surface area contributed by atoms with Crippen molar-refractivity contribution in [3.63, 3.8) is 0 Å². The van der Waals surface area contributed by atoms with E-state index in [1.165, 1.54) is 16.7 Å². The van der Waals surface area contributed by atoms with Crippen molar-refractivity contribution < 1.29 is 4.74 Å². The second-order valence-electron chi connectivity index (χ2n) is 7.09. The number of methoxy groups -OCH3 is 1. The molecule has 0 saturated carbocycles. The minimum absolute atomic E-state index is 0.0688. The normalized spacial score (nSPS) is 11.3. The first kappa shape index (κ1) is 16.3. The molecule has 3 aromatic rings. The second kappa shape index (κ2) is 6.52. The lowest BCUT2D eigenvalue weighted by molar-refractivity contribution is 0.417. The third-order valence-electron chi connectivity index (χ3n) is 4.33. The monoisotopic (exact) mass is 316 g/mol. The molecule has 0 spiro atoms. The molecule has 122 valence electrons. The SMILES string of the molecule is COc1c(-c2ccccc2)cc(C(C)(C)C)cc1-c1ccccc1. The Kier molecular flexibility index (Phi) is 4.44. The third kappa shape index (κ3) is 3.21. The van der Waals surface area contributed by atoms with Gasteiger partial charge in [0.05, 0.1) is 7.11 Å². The van der Waals surface area contributed by atoms with Gasteiger partial charge in [0.25, 0.3) is 0 Å². The third-order valence-corrected chi connectivity index (χ3v) is 4.33. The van der Waals surface area contributed by atoms with E-state index >= 15 is 0 Å². The Bertz CT molecular complexity index is 751. The van der Waals surface area contributed by atoms with Gasteiger partial charge in [-0.15, -0.1) is 0 Å². The van der Waals surface area contributed by atoms with E-state index in [1.807, 2.05) is 12.1 Å². The Morgan fingerprint density at radius 1 is 0.667 bits per heavy atom. The molecule has 0 heterocycles. The molecule has 0 N–H and O–H groups in total. The molecule has 3 aromatic carbocycles.